The Hall–Kier alpha value is -2.08. The van der Waals surface area contributed by atoms with E-state index in [1.165, 1.54) is 43.0 Å². The van der Waals surface area contributed by atoms with Gasteiger partial charge in [-0.1, -0.05) is 23.4 Å². The first-order valence-electron chi connectivity index (χ1n) is 9.10. The molecule has 0 radical (unpaired) electrons. The molecule has 0 atom stereocenters. The lowest BCUT2D eigenvalue weighted by molar-refractivity contribution is 0.0925. The van der Waals surface area contributed by atoms with Crippen LogP contribution in [0, 0.1) is 13.8 Å². The summed E-state index contributed by atoms with van der Waals surface area (Å²) in [5.74, 6) is 1.56. The van der Waals surface area contributed by atoms with Crippen LogP contribution in [0.4, 0.5) is 0 Å². The zero-order chi connectivity index (χ0) is 18.4. The van der Waals surface area contributed by atoms with Crippen LogP contribution in [0.5, 0.6) is 0 Å². The summed E-state index contributed by atoms with van der Waals surface area (Å²) in [7, 11) is 0. The maximum atomic E-state index is 12.2. The Kier molecular flexibility index (Phi) is 6.50. The Balaban J connectivity index is 1.47. The van der Waals surface area contributed by atoms with Crippen molar-refractivity contribution in [3.8, 4) is 0 Å². The predicted molar refractivity (Wildman–Crippen MR) is 103 cm³/mol. The Morgan fingerprint density at radius 3 is 2.77 bits per heavy atom. The average Bonchev–Trinajstić information content (AvgIpc) is 3.09. The summed E-state index contributed by atoms with van der Waals surface area (Å²) < 4.78 is 5.67. The zero-order valence-corrected chi connectivity index (χ0v) is 16.2. The number of allylic oxidation sites excluding steroid dienone is 1. The maximum Gasteiger partial charge on any atom is 0.287 e. The minimum Gasteiger partial charge on any atom is -0.455 e. The number of hydrogen-bond acceptors (Lipinski definition) is 5. The van der Waals surface area contributed by atoms with Crippen LogP contribution in [0.2, 0.25) is 0 Å². The molecule has 0 saturated heterocycles. The number of aryl methyl sites for hydroxylation is 2. The molecule has 0 saturated carbocycles. The Morgan fingerprint density at radius 2 is 2.04 bits per heavy atom. The third-order valence-corrected chi connectivity index (χ3v) is 5.18. The number of nitrogens with one attached hydrogen (secondary N) is 1. The number of carbonyl (C=O) groups excluding carboxylic acids is 1. The number of aromatic nitrogens is 2. The van der Waals surface area contributed by atoms with Gasteiger partial charge in [-0.2, -0.15) is 0 Å². The van der Waals surface area contributed by atoms with E-state index in [9.17, 15) is 4.79 Å². The van der Waals surface area contributed by atoms with Crippen molar-refractivity contribution in [2.75, 3.05) is 6.54 Å². The lowest BCUT2D eigenvalue weighted by atomic mass is 9.97. The second kappa shape index (κ2) is 9.03. The third kappa shape index (κ3) is 5.46. The first-order chi connectivity index (χ1) is 12.6. The molecule has 2 aromatic rings. The number of thioether (sulfide) groups is 1. The number of nitrogens with zero attached hydrogens (tertiary/aromatic N) is 2. The van der Waals surface area contributed by atoms with Gasteiger partial charge in [0.05, 0.1) is 5.75 Å². The second-order valence-electron chi connectivity index (χ2n) is 6.60. The van der Waals surface area contributed by atoms with Gasteiger partial charge in [-0.25, -0.2) is 9.97 Å². The topological polar surface area (TPSA) is 68.0 Å². The average molecular weight is 372 g/mol. The van der Waals surface area contributed by atoms with Crippen molar-refractivity contribution in [1.29, 1.82) is 0 Å². The highest BCUT2D eigenvalue weighted by atomic mass is 32.2. The van der Waals surface area contributed by atoms with E-state index in [0.29, 0.717) is 18.1 Å². The van der Waals surface area contributed by atoms with Crippen molar-refractivity contribution in [2.45, 2.75) is 56.9 Å². The van der Waals surface area contributed by atoms with Gasteiger partial charge in [0, 0.05) is 17.9 Å². The van der Waals surface area contributed by atoms with Crippen molar-refractivity contribution < 1.29 is 9.21 Å². The van der Waals surface area contributed by atoms with Gasteiger partial charge in [0.2, 0.25) is 0 Å². The molecule has 3 rings (SSSR count). The molecule has 1 N–H and O–H groups in total. The monoisotopic (exact) mass is 371 g/mol. The quantitative estimate of drug-likeness (QED) is 0.438. The Morgan fingerprint density at radius 1 is 1.23 bits per heavy atom. The molecular formula is C20H25N3O2S. The van der Waals surface area contributed by atoms with Crippen molar-refractivity contribution >= 4 is 17.7 Å². The molecule has 5 nitrogen and oxygen atoms in total. The van der Waals surface area contributed by atoms with Crippen molar-refractivity contribution in [2.24, 2.45) is 0 Å². The van der Waals surface area contributed by atoms with Crippen molar-refractivity contribution in [3.05, 3.63) is 52.8 Å². The van der Waals surface area contributed by atoms with Gasteiger partial charge in [-0.15, -0.1) is 0 Å². The molecule has 1 aliphatic carbocycles. The van der Waals surface area contributed by atoms with E-state index in [0.717, 1.165) is 28.7 Å². The highest BCUT2D eigenvalue weighted by Crippen LogP contribution is 2.22. The fourth-order valence-corrected chi connectivity index (χ4v) is 3.87. The molecular weight excluding hydrogens is 346 g/mol. The summed E-state index contributed by atoms with van der Waals surface area (Å²) in [4.78, 5) is 21.0. The van der Waals surface area contributed by atoms with Gasteiger partial charge < -0.3 is 9.73 Å². The van der Waals surface area contributed by atoms with Gasteiger partial charge >= 0.3 is 0 Å². The fraction of sp³-hybridized carbons (Fsp3) is 0.450. The predicted octanol–water partition coefficient (Wildman–Crippen LogP) is 4.60. The highest BCUT2D eigenvalue weighted by Gasteiger charge is 2.12. The molecule has 0 unspecified atom stereocenters. The maximum absolute atomic E-state index is 12.2. The van der Waals surface area contributed by atoms with Crippen LogP contribution in [0.1, 0.15) is 59.8 Å². The highest BCUT2D eigenvalue weighted by molar-refractivity contribution is 7.98. The zero-order valence-electron chi connectivity index (χ0n) is 15.4. The summed E-state index contributed by atoms with van der Waals surface area (Å²) in [5.41, 5.74) is 3.36. The largest absolute Gasteiger partial charge is 0.455 e. The Labute approximate surface area is 158 Å². The van der Waals surface area contributed by atoms with Gasteiger partial charge in [0.1, 0.15) is 5.76 Å². The van der Waals surface area contributed by atoms with Gasteiger partial charge in [0.15, 0.2) is 10.9 Å². The summed E-state index contributed by atoms with van der Waals surface area (Å²) in [6.07, 6.45) is 8.14. The minimum absolute atomic E-state index is 0.152. The number of hydrogen-bond donors (Lipinski definition) is 1. The molecule has 138 valence electrons. The van der Waals surface area contributed by atoms with Gasteiger partial charge in [-0.3, -0.25) is 4.79 Å². The van der Waals surface area contributed by atoms with Crippen LogP contribution >= 0.6 is 11.8 Å². The molecule has 26 heavy (non-hydrogen) atoms. The molecule has 6 heteroatoms. The van der Waals surface area contributed by atoms with Crippen molar-refractivity contribution in [3.63, 3.8) is 0 Å². The summed E-state index contributed by atoms with van der Waals surface area (Å²) in [5, 5.41) is 3.67. The van der Waals surface area contributed by atoms with Crippen LogP contribution < -0.4 is 5.32 Å². The molecule has 0 aromatic carbocycles. The van der Waals surface area contributed by atoms with E-state index >= 15 is 0 Å². The minimum atomic E-state index is -0.152. The van der Waals surface area contributed by atoms with E-state index in [1.807, 2.05) is 26.0 Å². The van der Waals surface area contributed by atoms with Crippen molar-refractivity contribution in [1.82, 2.24) is 15.3 Å². The van der Waals surface area contributed by atoms with E-state index in [2.05, 4.69) is 21.4 Å². The molecule has 2 aromatic heterocycles. The SMILES string of the molecule is Cc1cc(C)nc(SCc2ccc(C(=O)NCCC3=CCCCC3)o2)n1. The summed E-state index contributed by atoms with van der Waals surface area (Å²) >= 11 is 1.51. The second-order valence-corrected chi connectivity index (χ2v) is 7.54. The van der Waals surface area contributed by atoms with Gasteiger partial charge in [0.25, 0.3) is 5.91 Å². The summed E-state index contributed by atoms with van der Waals surface area (Å²) in [6.45, 7) is 4.57. The first kappa shape index (κ1) is 18.7. The third-order valence-electron chi connectivity index (χ3n) is 4.31. The summed E-state index contributed by atoms with van der Waals surface area (Å²) in [6, 6.07) is 5.52. The first-order valence-corrected chi connectivity index (χ1v) is 10.1. The van der Waals surface area contributed by atoms with E-state index < -0.39 is 0 Å². The van der Waals surface area contributed by atoms with E-state index in [-0.39, 0.29) is 5.91 Å². The molecule has 2 heterocycles. The number of amides is 1. The van der Waals surface area contributed by atoms with Crippen LogP contribution in [0.15, 0.2) is 39.4 Å². The van der Waals surface area contributed by atoms with Crippen LogP contribution in [0.25, 0.3) is 0 Å². The Bertz CT molecular complexity index is 778. The molecule has 1 aliphatic rings. The van der Waals surface area contributed by atoms with Crippen LogP contribution in [-0.2, 0) is 5.75 Å². The molecule has 0 aliphatic heterocycles. The van der Waals surface area contributed by atoms with Gasteiger partial charge in [-0.05, 0) is 64.2 Å². The lowest BCUT2D eigenvalue weighted by Gasteiger charge is -2.12. The standard InChI is InChI=1S/C20H25N3O2S/c1-14-12-15(2)23-20(22-14)26-13-17-8-9-18(25-17)19(24)21-11-10-16-6-4-3-5-7-16/h6,8-9,12H,3-5,7,10-11,13H2,1-2H3,(H,21,24). The van der Waals surface area contributed by atoms with E-state index in [4.69, 9.17) is 4.42 Å². The number of furan rings is 1. The van der Waals surface area contributed by atoms with Crippen LogP contribution in [0.3, 0.4) is 0 Å². The fourth-order valence-electron chi connectivity index (χ4n) is 3.03. The molecule has 0 fully saturated rings. The lowest BCUT2D eigenvalue weighted by Crippen LogP contribution is -2.24. The normalized spacial score (nSPS) is 14.2. The molecule has 1 amide bonds. The number of carbonyl (C=O) groups is 1. The smallest absolute Gasteiger partial charge is 0.287 e. The number of rotatable bonds is 7. The molecule has 0 bridgehead atoms. The molecule has 0 spiro atoms. The van der Waals surface area contributed by atoms with Crippen LogP contribution in [-0.4, -0.2) is 22.4 Å². The van der Waals surface area contributed by atoms with E-state index in [1.54, 1.807) is 6.07 Å².